The van der Waals surface area contributed by atoms with Gasteiger partial charge in [-0.3, -0.25) is 4.79 Å². The highest BCUT2D eigenvalue weighted by Gasteiger charge is 2.16. The van der Waals surface area contributed by atoms with Crippen molar-refractivity contribution in [3.63, 3.8) is 0 Å². The first-order valence-corrected chi connectivity index (χ1v) is 8.11. The Morgan fingerprint density at radius 1 is 1.08 bits per heavy atom. The molecule has 2 aromatic carbocycles. The summed E-state index contributed by atoms with van der Waals surface area (Å²) in [6, 6.07) is 12.3. The number of benzene rings is 2. The van der Waals surface area contributed by atoms with Crippen molar-refractivity contribution in [2.75, 3.05) is 19.5 Å². The van der Waals surface area contributed by atoms with Gasteiger partial charge in [-0.1, -0.05) is 13.0 Å². The summed E-state index contributed by atoms with van der Waals surface area (Å²) in [5.41, 5.74) is 1.81. The van der Waals surface area contributed by atoms with E-state index in [0.717, 1.165) is 5.56 Å². The van der Waals surface area contributed by atoms with Gasteiger partial charge >= 0.3 is 0 Å². The Bertz CT molecular complexity index is 903. The smallest absolute Gasteiger partial charge is 0.259 e. The number of nitrogens with zero attached hydrogens (tertiary/aromatic N) is 2. The minimum atomic E-state index is -0.292. The van der Waals surface area contributed by atoms with Crippen LogP contribution in [0.1, 0.15) is 23.2 Å². The summed E-state index contributed by atoms with van der Waals surface area (Å²) in [5.74, 6) is 1.64. The van der Waals surface area contributed by atoms with Gasteiger partial charge in [-0.15, -0.1) is 10.2 Å². The van der Waals surface area contributed by atoms with E-state index in [-0.39, 0.29) is 5.91 Å². The number of anilines is 1. The fourth-order valence-electron chi connectivity index (χ4n) is 2.47. The Hall–Kier alpha value is -3.35. The van der Waals surface area contributed by atoms with Crippen LogP contribution < -0.4 is 14.8 Å². The van der Waals surface area contributed by atoms with Crippen molar-refractivity contribution in [3.05, 3.63) is 53.9 Å². The first kappa shape index (κ1) is 17.5. The lowest BCUT2D eigenvalue weighted by Gasteiger charge is -2.12. The molecule has 0 saturated heterocycles. The Morgan fingerprint density at radius 2 is 1.85 bits per heavy atom. The van der Waals surface area contributed by atoms with E-state index in [2.05, 4.69) is 15.5 Å². The van der Waals surface area contributed by atoms with Crippen LogP contribution in [0.25, 0.3) is 11.5 Å². The van der Waals surface area contributed by atoms with Gasteiger partial charge < -0.3 is 19.2 Å². The summed E-state index contributed by atoms with van der Waals surface area (Å²) in [5, 5.41) is 10.8. The maximum Gasteiger partial charge on any atom is 0.259 e. The van der Waals surface area contributed by atoms with Gasteiger partial charge in [0.2, 0.25) is 11.8 Å². The van der Waals surface area contributed by atoms with Crippen LogP contribution >= 0.6 is 0 Å². The van der Waals surface area contributed by atoms with Gasteiger partial charge in [0.1, 0.15) is 0 Å². The summed E-state index contributed by atoms with van der Waals surface area (Å²) in [4.78, 5) is 12.6. The van der Waals surface area contributed by atoms with E-state index in [0.29, 0.717) is 41.0 Å². The molecule has 0 saturated carbocycles. The fourth-order valence-corrected chi connectivity index (χ4v) is 2.47. The molecule has 0 aliphatic rings. The zero-order valence-corrected chi connectivity index (χ0v) is 14.8. The lowest BCUT2D eigenvalue weighted by atomic mass is 10.1. The SMILES string of the molecule is CCc1nnc(-c2ccc(NC(=O)c3cccc(OC)c3OC)cc2)o1. The average Bonchev–Trinajstić information content (AvgIpc) is 3.17. The van der Waals surface area contributed by atoms with Crippen molar-refractivity contribution in [2.45, 2.75) is 13.3 Å². The molecule has 0 bridgehead atoms. The Labute approximate surface area is 151 Å². The number of hydrogen-bond acceptors (Lipinski definition) is 6. The van der Waals surface area contributed by atoms with Crippen molar-refractivity contribution in [1.82, 2.24) is 10.2 Å². The number of aryl methyl sites for hydroxylation is 1. The third-order valence-electron chi connectivity index (χ3n) is 3.81. The maximum atomic E-state index is 12.6. The molecule has 3 aromatic rings. The summed E-state index contributed by atoms with van der Waals surface area (Å²) >= 11 is 0. The van der Waals surface area contributed by atoms with Gasteiger partial charge in [-0.05, 0) is 36.4 Å². The fraction of sp³-hybridized carbons (Fsp3) is 0.211. The number of nitrogens with one attached hydrogen (secondary N) is 1. The highest BCUT2D eigenvalue weighted by Crippen LogP contribution is 2.31. The average molecular weight is 353 g/mol. The van der Waals surface area contributed by atoms with E-state index in [1.165, 1.54) is 14.2 Å². The van der Waals surface area contributed by atoms with Gasteiger partial charge in [0.05, 0.1) is 19.8 Å². The Morgan fingerprint density at radius 3 is 2.46 bits per heavy atom. The summed E-state index contributed by atoms with van der Waals surface area (Å²) < 4.78 is 16.1. The van der Waals surface area contributed by atoms with Gasteiger partial charge in [0.15, 0.2) is 11.5 Å². The van der Waals surface area contributed by atoms with Crippen LogP contribution in [0, 0.1) is 0 Å². The highest BCUT2D eigenvalue weighted by atomic mass is 16.5. The second-order valence-electron chi connectivity index (χ2n) is 5.43. The molecule has 1 amide bonds. The topological polar surface area (TPSA) is 86.5 Å². The summed E-state index contributed by atoms with van der Waals surface area (Å²) in [6.45, 7) is 1.95. The van der Waals surface area contributed by atoms with Crippen LogP contribution in [0.4, 0.5) is 5.69 Å². The quantitative estimate of drug-likeness (QED) is 0.729. The molecule has 0 atom stereocenters. The van der Waals surface area contributed by atoms with Crippen LogP contribution in [0.5, 0.6) is 11.5 Å². The minimum absolute atomic E-state index is 0.292. The van der Waals surface area contributed by atoms with Crippen molar-refractivity contribution < 1.29 is 18.7 Å². The van der Waals surface area contributed by atoms with Gasteiger partial charge in [-0.2, -0.15) is 0 Å². The first-order chi connectivity index (χ1) is 12.7. The number of amides is 1. The number of hydrogen-bond donors (Lipinski definition) is 1. The molecule has 7 heteroatoms. The Kier molecular flexibility index (Phi) is 5.17. The van der Waals surface area contributed by atoms with E-state index < -0.39 is 0 Å². The maximum absolute atomic E-state index is 12.6. The molecule has 0 spiro atoms. The number of methoxy groups -OCH3 is 2. The predicted molar refractivity (Wildman–Crippen MR) is 96.6 cm³/mol. The van der Waals surface area contributed by atoms with Crippen molar-refractivity contribution in [2.24, 2.45) is 0 Å². The van der Waals surface area contributed by atoms with E-state index >= 15 is 0 Å². The summed E-state index contributed by atoms with van der Waals surface area (Å²) in [6.07, 6.45) is 0.684. The van der Waals surface area contributed by atoms with Crippen LogP contribution in [-0.2, 0) is 6.42 Å². The monoisotopic (exact) mass is 353 g/mol. The van der Waals surface area contributed by atoms with Crippen molar-refractivity contribution >= 4 is 11.6 Å². The lowest BCUT2D eigenvalue weighted by Crippen LogP contribution is -2.13. The molecule has 3 rings (SSSR count). The van der Waals surface area contributed by atoms with Crippen LogP contribution in [0.3, 0.4) is 0 Å². The number of para-hydroxylation sites is 1. The van der Waals surface area contributed by atoms with E-state index in [1.54, 1.807) is 30.3 Å². The van der Waals surface area contributed by atoms with E-state index in [4.69, 9.17) is 13.9 Å². The van der Waals surface area contributed by atoms with Gasteiger partial charge in [0.25, 0.3) is 5.91 Å². The van der Waals surface area contributed by atoms with Crippen LogP contribution in [0.2, 0.25) is 0 Å². The van der Waals surface area contributed by atoms with Crippen molar-refractivity contribution in [1.29, 1.82) is 0 Å². The molecular formula is C19H19N3O4. The van der Waals surface area contributed by atoms with Gasteiger partial charge in [-0.25, -0.2) is 0 Å². The second-order valence-corrected chi connectivity index (χ2v) is 5.43. The second kappa shape index (κ2) is 7.69. The predicted octanol–water partition coefficient (Wildman–Crippen LogP) is 3.57. The molecule has 7 nitrogen and oxygen atoms in total. The number of carbonyl (C=O) groups excluding carboxylic acids is 1. The highest BCUT2D eigenvalue weighted by molar-refractivity contribution is 6.06. The first-order valence-electron chi connectivity index (χ1n) is 8.11. The lowest BCUT2D eigenvalue weighted by molar-refractivity contribution is 0.102. The number of aromatic nitrogens is 2. The molecule has 0 aliphatic heterocycles. The molecule has 1 heterocycles. The molecule has 0 radical (unpaired) electrons. The molecule has 0 unspecified atom stereocenters. The molecule has 0 fully saturated rings. The zero-order valence-electron chi connectivity index (χ0n) is 14.8. The molecule has 0 aliphatic carbocycles. The van der Waals surface area contributed by atoms with E-state index in [9.17, 15) is 4.79 Å². The molecular weight excluding hydrogens is 334 g/mol. The minimum Gasteiger partial charge on any atom is -0.493 e. The molecule has 1 N–H and O–H groups in total. The third-order valence-corrected chi connectivity index (χ3v) is 3.81. The largest absolute Gasteiger partial charge is 0.493 e. The summed E-state index contributed by atoms with van der Waals surface area (Å²) in [7, 11) is 3.03. The van der Waals surface area contributed by atoms with E-state index in [1.807, 2.05) is 19.1 Å². The number of rotatable bonds is 6. The Balaban J connectivity index is 1.78. The standard InChI is InChI=1S/C19H19N3O4/c1-4-16-21-22-19(26-16)12-8-10-13(11-9-12)20-18(23)14-6-5-7-15(24-2)17(14)25-3/h5-11H,4H2,1-3H3,(H,20,23). The van der Waals surface area contributed by atoms with Crippen LogP contribution in [0.15, 0.2) is 46.9 Å². The molecule has 26 heavy (non-hydrogen) atoms. The molecule has 134 valence electrons. The number of ether oxygens (including phenoxy) is 2. The normalized spacial score (nSPS) is 10.4. The van der Waals surface area contributed by atoms with Gasteiger partial charge in [0, 0.05) is 17.7 Å². The van der Waals surface area contributed by atoms with Crippen molar-refractivity contribution in [3.8, 4) is 23.0 Å². The zero-order chi connectivity index (χ0) is 18.5. The van der Waals surface area contributed by atoms with Crippen LogP contribution in [-0.4, -0.2) is 30.3 Å². The third kappa shape index (κ3) is 3.51. The number of carbonyl (C=O) groups is 1. The molecule has 1 aromatic heterocycles.